The van der Waals surface area contributed by atoms with E-state index in [0.29, 0.717) is 32.9 Å². The maximum atomic E-state index is 13.5. The molecule has 1 fully saturated rings. The van der Waals surface area contributed by atoms with Crippen LogP contribution in [0.2, 0.25) is 5.02 Å². The topological polar surface area (TPSA) is 61.8 Å². The van der Waals surface area contributed by atoms with E-state index in [4.69, 9.17) is 11.6 Å². The molecular weight excluding hydrogens is 442 g/mol. The van der Waals surface area contributed by atoms with Gasteiger partial charge in [0.05, 0.1) is 28.4 Å². The molecule has 0 atom stereocenters. The van der Waals surface area contributed by atoms with E-state index in [-0.39, 0.29) is 11.8 Å². The van der Waals surface area contributed by atoms with Crippen LogP contribution in [0.4, 0.5) is 11.4 Å². The lowest BCUT2D eigenvalue weighted by Gasteiger charge is -2.17. The second-order valence-corrected chi connectivity index (χ2v) is 8.91. The highest BCUT2D eigenvalue weighted by molar-refractivity contribution is 8.18. The number of halogens is 1. The Morgan fingerprint density at radius 2 is 1.75 bits per heavy atom. The van der Waals surface area contributed by atoms with Gasteiger partial charge >= 0.3 is 0 Å². The van der Waals surface area contributed by atoms with Crippen LogP contribution in [0.5, 0.6) is 0 Å². The number of nitrogens with one attached hydrogen (secondary N) is 1. The SMILES string of the molecule is Cc1ccc(N=C2NC(=O)/C(=C3/C(=O)N(Cc4ccccc4)c4ccccc43)S2)cc1Cl. The van der Waals surface area contributed by atoms with Crippen LogP contribution in [0.15, 0.2) is 82.7 Å². The highest BCUT2D eigenvalue weighted by Gasteiger charge is 2.39. The largest absolute Gasteiger partial charge is 0.303 e. The van der Waals surface area contributed by atoms with Gasteiger partial charge in [-0.3, -0.25) is 9.59 Å². The molecule has 0 bridgehead atoms. The van der Waals surface area contributed by atoms with Gasteiger partial charge in [-0.2, -0.15) is 0 Å². The molecule has 5 rings (SSSR count). The molecule has 32 heavy (non-hydrogen) atoms. The molecule has 0 saturated carbocycles. The van der Waals surface area contributed by atoms with Gasteiger partial charge in [0, 0.05) is 10.6 Å². The van der Waals surface area contributed by atoms with Gasteiger partial charge in [-0.15, -0.1) is 0 Å². The number of rotatable bonds is 3. The summed E-state index contributed by atoms with van der Waals surface area (Å²) in [5, 5.41) is 3.81. The van der Waals surface area contributed by atoms with Crippen LogP contribution < -0.4 is 10.2 Å². The summed E-state index contributed by atoms with van der Waals surface area (Å²) in [6.07, 6.45) is 0. The van der Waals surface area contributed by atoms with E-state index in [9.17, 15) is 9.59 Å². The molecule has 7 heteroatoms. The molecule has 2 amide bonds. The number of aliphatic imine (C=N–C) groups is 1. The van der Waals surface area contributed by atoms with Crippen LogP contribution in [-0.4, -0.2) is 17.0 Å². The van der Waals surface area contributed by atoms with Crippen molar-refractivity contribution in [2.75, 3.05) is 4.90 Å². The summed E-state index contributed by atoms with van der Waals surface area (Å²) in [5.41, 5.74) is 4.57. The van der Waals surface area contributed by atoms with Gasteiger partial charge in [-0.05, 0) is 48.0 Å². The van der Waals surface area contributed by atoms with Gasteiger partial charge in [0.2, 0.25) is 0 Å². The van der Waals surface area contributed by atoms with Crippen molar-refractivity contribution in [3.8, 4) is 0 Å². The summed E-state index contributed by atoms with van der Waals surface area (Å²) in [6, 6.07) is 22.8. The zero-order chi connectivity index (χ0) is 22.2. The van der Waals surface area contributed by atoms with E-state index in [2.05, 4.69) is 10.3 Å². The number of carbonyl (C=O) groups is 2. The van der Waals surface area contributed by atoms with Crippen molar-refractivity contribution in [2.45, 2.75) is 13.5 Å². The van der Waals surface area contributed by atoms with E-state index < -0.39 is 0 Å². The summed E-state index contributed by atoms with van der Waals surface area (Å²) in [7, 11) is 0. The first-order valence-corrected chi connectivity index (χ1v) is 11.2. The molecule has 2 aliphatic heterocycles. The van der Waals surface area contributed by atoms with Crippen LogP contribution in [0.1, 0.15) is 16.7 Å². The predicted octanol–water partition coefficient (Wildman–Crippen LogP) is 5.46. The van der Waals surface area contributed by atoms with Crippen molar-refractivity contribution in [3.63, 3.8) is 0 Å². The Labute approximate surface area is 194 Å². The summed E-state index contributed by atoms with van der Waals surface area (Å²) >= 11 is 7.37. The molecule has 0 aromatic heterocycles. The van der Waals surface area contributed by atoms with Crippen LogP contribution in [0.3, 0.4) is 0 Å². The number of anilines is 1. The zero-order valence-corrected chi connectivity index (χ0v) is 18.7. The van der Waals surface area contributed by atoms with Crippen molar-refractivity contribution >= 4 is 57.3 Å². The molecule has 0 radical (unpaired) electrons. The fourth-order valence-electron chi connectivity index (χ4n) is 3.73. The first-order chi connectivity index (χ1) is 15.5. The van der Waals surface area contributed by atoms with Crippen LogP contribution >= 0.6 is 23.4 Å². The molecule has 0 aliphatic carbocycles. The lowest BCUT2D eigenvalue weighted by atomic mass is 10.1. The Bertz CT molecular complexity index is 1320. The number of hydrogen-bond donors (Lipinski definition) is 1. The number of hydrogen-bond acceptors (Lipinski definition) is 4. The van der Waals surface area contributed by atoms with Gasteiger partial charge in [-0.25, -0.2) is 4.99 Å². The highest BCUT2D eigenvalue weighted by atomic mass is 35.5. The molecule has 1 saturated heterocycles. The van der Waals surface area contributed by atoms with Gasteiger partial charge in [0.15, 0.2) is 5.17 Å². The minimum absolute atomic E-state index is 0.188. The second-order valence-electron chi connectivity index (χ2n) is 7.50. The maximum absolute atomic E-state index is 13.5. The third-order valence-electron chi connectivity index (χ3n) is 5.35. The number of fused-ring (bicyclic) bond motifs is 1. The average Bonchev–Trinajstić information content (AvgIpc) is 3.28. The third-order valence-corrected chi connectivity index (χ3v) is 6.73. The van der Waals surface area contributed by atoms with Crippen LogP contribution in [0.25, 0.3) is 5.57 Å². The average molecular weight is 460 g/mol. The number of aryl methyl sites for hydroxylation is 1. The summed E-state index contributed by atoms with van der Waals surface area (Å²) in [4.78, 5) is 32.9. The molecule has 158 valence electrons. The summed E-state index contributed by atoms with van der Waals surface area (Å²) in [5.74, 6) is -0.515. The van der Waals surface area contributed by atoms with E-state index in [1.165, 1.54) is 11.8 Å². The Hall–Kier alpha value is -3.35. The van der Waals surface area contributed by atoms with Gasteiger partial charge in [0.25, 0.3) is 11.8 Å². The van der Waals surface area contributed by atoms with E-state index in [0.717, 1.165) is 22.4 Å². The lowest BCUT2D eigenvalue weighted by molar-refractivity contribution is -0.116. The second kappa shape index (κ2) is 8.30. The number of carbonyl (C=O) groups excluding carboxylic acids is 2. The minimum atomic E-state index is -0.327. The molecule has 3 aromatic rings. The molecule has 2 heterocycles. The Morgan fingerprint density at radius 3 is 2.53 bits per heavy atom. The Kier molecular flexibility index (Phi) is 5.33. The van der Waals surface area contributed by atoms with E-state index >= 15 is 0 Å². The molecular formula is C25H18ClN3O2S. The fourth-order valence-corrected chi connectivity index (χ4v) is 4.83. The van der Waals surface area contributed by atoms with Crippen molar-refractivity contribution in [1.82, 2.24) is 5.32 Å². The molecule has 3 aromatic carbocycles. The monoisotopic (exact) mass is 459 g/mol. The first-order valence-electron chi connectivity index (χ1n) is 10.0. The zero-order valence-electron chi connectivity index (χ0n) is 17.1. The molecule has 5 nitrogen and oxygen atoms in total. The quantitative estimate of drug-likeness (QED) is 0.529. The maximum Gasteiger partial charge on any atom is 0.264 e. The number of thioether (sulfide) groups is 1. The normalized spacial score (nSPS) is 18.9. The number of amides is 2. The summed E-state index contributed by atoms with van der Waals surface area (Å²) < 4.78 is 0. The van der Waals surface area contributed by atoms with Crippen LogP contribution in [0, 0.1) is 6.92 Å². The Balaban J connectivity index is 1.52. The first kappa shape index (κ1) is 20.5. The molecule has 0 unspecified atom stereocenters. The number of para-hydroxylation sites is 1. The lowest BCUT2D eigenvalue weighted by Crippen LogP contribution is -2.26. The van der Waals surface area contributed by atoms with Gasteiger partial charge in [0.1, 0.15) is 0 Å². The fraction of sp³-hybridized carbons (Fsp3) is 0.0800. The number of benzene rings is 3. The predicted molar refractivity (Wildman–Crippen MR) is 130 cm³/mol. The van der Waals surface area contributed by atoms with Crippen molar-refractivity contribution < 1.29 is 9.59 Å². The summed E-state index contributed by atoms with van der Waals surface area (Å²) in [6.45, 7) is 2.35. The minimum Gasteiger partial charge on any atom is -0.303 e. The van der Waals surface area contributed by atoms with E-state index in [1.807, 2.05) is 73.7 Å². The highest BCUT2D eigenvalue weighted by Crippen LogP contribution is 2.43. The van der Waals surface area contributed by atoms with Crippen LogP contribution in [-0.2, 0) is 16.1 Å². The van der Waals surface area contributed by atoms with Gasteiger partial charge in [-0.1, -0.05) is 66.2 Å². The number of amidine groups is 1. The third kappa shape index (κ3) is 3.72. The standard InChI is InChI=1S/C25H18ClN3O2S/c1-15-11-12-17(13-19(15)26)27-25-28-23(30)22(32-25)21-18-9-5-6-10-20(18)29(24(21)31)14-16-7-3-2-4-8-16/h2-13H,14H2,1H3,(H,27,28,30)/b22-21-. The van der Waals surface area contributed by atoms with Crippen molar-refractivity contribution in [3.05, 3.63) is 99.4 Å². The Morgan fingerprint density at radius 1 is 1.00 bits per heavy atom. The molecule has 0 spiro atoms. The van der Waals surface area contributed by atoms with Crippen molar-refractivity contribution in [1.29, 1.82) is 0 Å². The molecule has 2 aliphatic rings. The smallest absolute Gasteiger partial charge is 0.264 e. The van der Waals surface area contributed by atoms with Gasteiger partial charge < -0.3 is 10.2 Å². The number of nitrogens with zero attached hydrogens (tertiary/aromatic N) is 2. The van der Waals surface area contributed by atoms with Crippen molar-refractivity contribution in [2.24, 2.45) is 4.99 Å². The molecule has 1 N–H and O–H groups in total. The van der Waals surface area contributed by atoms with E-state index in [1.54, 1.807) is 11.0 Å².